The molecule has 1 unspecified atom stereocenters. The van der Waals surface area contributed by atoms with Crippen molar-refractivity contribution in [1.82, 2.24) is 4.31 Å². The lowest BCUT2D eigenvalue weighted by molar-refractivity contribution is 0.520. The first-order valence-corrected chi connectivity index (χ1v) is 7.71. The molecule has 2 rings (SSSR count). The second-order valence-electron chi connectivity index (χ2n) is 4.59. The zero-order chi connectivity index (χ0) is 13.3. The number of alkyl halides is 1. The molecule has 1 aliphatic heterocycles. The van der Waals surface area contributed by atoms with Gasteiger partial charge in [0, 0.05) is 27.2 Å². The van der Waals surface area contributed by atoms with Crippen LogP contribution in [0.2, 0.25) is 0 Å². The minimum Gasteiger partial charge on any atom is -0.369 e. The van der Waals surface area contributed by atoms with E-state index in [-0.39, 0.29) is 5.38 Å². The Hall–Kier alpha value is -0.780. The number of anilines is 1. The number of benzene rings is 1. The molecule has 1 fully saturated rings. The van der Waals surface area contributed by atoms with Crippen molar-refractivity contribution >= 4 is 27.3 Å². The molecule has 100 valence electrons. The van der Waals surface area contributed by atoms with Gasteiger partial charge in [-0.2, -0.15) is 0 Å². The molecular weight excluding hydrogens is 272 g/mol. The van der Waals surface area contributed by atoms with Crippen molar-refractivity contribution in [2.24, 2.45) is 0 Å². The summed E-state index contributed by atoms with van der Waals surface area (Å²) in [6.45, 7) is 1.50. The van der Waals surface area contributed by atoms with Crippen LogP contribution in [0.1, 0.15) is 6.42 Å². The van der Waals surface area contributed by atoms with E-state index in [9.17, 15) is 8.42 Å². The molecule has 18 heavy (non-hydrogen) atoms. The van der Waals surface area contributed by atoms with Crippen LogP contribution in [0.5, 0.6) is 0 Å². The molecule has 0 saturated carbocycles. The predicted molar refractivity (Wildman–Crippen MR) is 73.8 cm³/mol. The molecule has 6 heteroatoms. The van der Waals surface area contributed by atoms with Crippen LogP contribution in [-0.2, 0) is 10.0 Å². The van der Waals surface area contributed by atoms with Gasteiger partial charge in [-0.3, -0.25) is 0 Å². The van der Waals surface area contributed by atoms with E-state index in [1.807, 2.05) is 17.0 Å². The van der Waals surface area contributed by atoms with E-state index in [1.54, 1.807) is 26.2 Å². The van der Waals surface area contributed by atoms with Gasteiger partial charge < -0.3 is 4.90 Å². The van der Waals surface area contributed by atoms with Crippen LogP contribution in [0.3, 0.4) is 0 Å². The number of halogens is 1. The standard InChI is InChI=1S/C12H17ClN2O2S/c1-14(2)18(16,17)12-6-4-3-5-11(12)15-8-7-10(13)9-15/h3-6,10H,7-9H2,1-2H3. The molecule has 0 aromatic heterocycles. The highest BCUT2D eigenvalue weighted by Crippen LogP contribution is 2.30. The zero-order valence-corrected chi connectivity index (χ0v) is 12.1. The summed E-state index contributed by atoms with van der Waals surface area (Å²) < 4.78 is 25.8. The smallest absolute Gasteiger partial charge is 0.244 e. The number of para-hydroxylation sites is 1. The summed E-state index contributed by atoms with van der Waals surface area (Å²) >= 11 is 6.08. The molecule has 1 saturated heterocycles. The molecule has 0 amide bonds. The Balaban J connectivity index is 2.44. The van der Waals surface area contributed by atoms with Gasteiger partial charge in [-0.1, -0.05) is 12.1 Å². The Morgan fingerprint density at radius 1 is 1.33 bits per heavy atom. The van der Waals surface area contributed by atoms with Crippen LogP contribution < -0.4 is 4.90 Å². The third-order valence-corrected chi connectivity index (χ3v) is 5.31. The molecule has 0 radical (unpaired) electrons. The average molecular weight is 289 g/mol. The van der Waals surface area contributed by atoms with Gasteiger partial charge in [0.25, 0.3) is 0 Å². The maximum Gasteiger partial charge on any atom is 0.244 e. The minimum atomic E-state index is -3.41. The second-order valence-corrected chi connectivity index (χ2v) is 7.32. The van der Waals surface area contributed by atoms with E-state index in [4.69, 9.17) is 11.6 Å². The Morgan fingerprint density at radius 3 is 2.56 bits per heavy atom. The molecular formula is C12H17ClN2O2S. The molecule has 0 aliphatic carbocycles. The van der Waals surface area contributed by atoms with E-state index in [2.05, 4.69) is 0 Å². The van der Waals surface area contributed by atoms with Crippen molar-refractivity contribution in [3.05, 3.63) is 24.3 Å². The summed E-state index contributed by atoms with van der Waals surface area (Å²) in [6.07, 6.45) is 0.887. The number of rotatable bonds is 3. The fourth-order valence-electron chi connectivity index (χ4n) is 2.07. The Labute approximate surface area is 113 Å². The molecule has 1 heterocycles. The molecule has 1 aliphatic rings. The highest BCUT2D eigenvalue weighted by molar-refractivity contribution is 7.89. The molecule has 1 atom stereocenters. The Bertz CT molecular complexity index is 531. The van der Waals surface area contributed by atoms with Crippen LogP contribution in [0.4, 0.5) is 5.69 Å². The van der Waals surface area contributed by atoms with Gasteiger partial charge in [-0.05, 0) is 18.6 Å². The first-order valence-electron chi connectivity index (χ1n) is 5.83. The van der Waals surface area contributed by atoms with E-state index < -0.39 is 10.0 Å². The Kier molecular flexibility index (Phi) is 3.84. The van der Waals surface area contributed by atoms with Crippen molar-refractivity contribution in [1.29, 1.82) is 0 Å². The molecule has 0 spiro atoms. The summed E-state index contributed by atoms with van der Waals surface area (Å²) in [5.41, 5.74) is 0.745. The van der Waals surface area contributed by atoms with E-state index in [0.29, 0.717) is 11.4 Å². The number of nitrogens with zero attached hydrogens (tertiary/aromatic N) is 2. The lowest BCUT2D eigenvalue weighted by Crippen LogP contribution is -2.27. The molecule has 1 aromatic carbocycles. The van der Waals surface area contributed by atoms with Crippen molar-refractivity contribution in [2.45, 2.75) is 16.7 Å². The Morgan fingerprint density at radius 2 is 2.00 bits per heavy atom. The summed E-state index contributed by atoms with van der Waals surface area (Å²) in [5, 5.41) is 0.0973. The second kappa shape index (κ2) is 5.07. The average Bonchev–Trinajstić information content (AvgIpc) is 2.75. The summed E-state index contributed by atoms with van der Waals surface area (Å²) in [5.74, 6) is 0. The fraction of sp³-hybridized carbons (Fsp3) is 0.500. The molecule has 4 nitrogen and oxygen atoms in total. The van der Waals surface area contributed by atoms with Gasteiger partial charge in [0.05, 0.1) is 11.1 Å². The van der Waals surface area contributed by atoms with Crippen molar-refractivity contribution in [2.75, 3.05) is 32.1 Å². The zero-order valence-electron chi connectivity index (χ0n) is 10.5. The first-order chi connectivity index (χ1) is 8.43. The third kappa shape index (κ3) is 2.48. The van der Waals surface area contributed by atoms with Crippen LogP contribution >= 0.6 is 11.6 Å². The van der Waals surface area contributed by atoms with Gasteiger partial charge in [0.1, 0.15) is 4.90 Å². The maximum atomic E-state index is 12.3. The maximum absolute atomic E-state index is 12.3. The monoisotopic (exact) mass is 288 g/mol. The van der Waals surface area contributed by atoms with Crippen LogP contribution in [0, 0.1) is 0 Å². The fourth-order valence-corrected chi connectivity index (χ4v) is 3.44. The lowest BCUT2D eigenvalue weighted by Gasteiger charge is -2.22. The van der Waals surface area contributed by atoms with Gasteiger partial charge in [0.2, 0.25) is 10.0 Å². The van der Waals surface area contributed by atoms with Gasteiger partial charge in [0.15, 0.2) is 0 Å². The van der Waals surface area contributed by atoms with Crippen molar-refractivity contribution < 1.29 is 8.42 Å². The molecule has 1 aromatic rings. The SMILES string of the molecule is CN(C)S(=O)(=O)c1ccccc1N1CCC(Cl)C1. The van der Waals surface area contributed by atoms with Crippen LogP contribution in [0.15, 0.2) is 29.2 Å². The summed E-state index contributed by atoms with van der Waals surface area (Å²) in [6, 6.07) is 7.08. The highest BCUT2D eigenvalue weighted by Gasteiger charge is 2.27. The van der Waals surface area contributed by atoms with Gasteiger partial charge in [-0.25, -0.2) is 12.7 Å². The van der Waals surface area contributed by atoms with Gasteiger partial charge >= 0.3 is 0 Å². The first kappa shape index (κ1) is 13.6. The third-order valence-electron chi connectivity index (χ3n) is 3.10. The predicted octanol–water partition coefficient (Wildman–Crippen LogP) is 1.75. The highest BCUT2D eigenvalue weighted by atomic mass is 35.5. The van der Waals surface area contributed by atoms with E-state index in [0.717, 1.165) is 18.7 Å². The largest absolute Gasteiger partial charge is 0.369 e. The van der Waals surface area contributed by atoms with E-state index in [1.165, 1.54) is 4.31 Å². The van der Waals surface area contributed by atoms with E-state index >= 15 is 0 Å². The van der Waals surface area contributed by atoms with Gasteiger partial charge in [-0.15, -0.1) is 11.6 Å². The van der Waals surface area contributed by atoms with Crippen molar-refractivity contribution in [3.63, 3.8) is 0 Å². The summed E-state index contributed by atoms with van der Waals surface area (Å²) in [7, 11) is -0.330. The lowest BCUT2D eigenvalue weighted by atomic mass is 10.3. The minimum absolute atomic E-state index is 0.0973. The number of hydrogen-bond acceptors (Lipinski definition) is 3. The molecule has 0 bridgehead atoms. The topological polar surface area (TPSA) is 40.6 Å². The number of hydrogen-bond donors (Lipinski definition) is 0. The van der Waals surface area contributed by atoms with Crippen LogP contribution in [0.25, 0.3) is 0 Å². The normalized spacial score (nSPS) is 20.7. The van der Waals surface area contributed by atoms with Crippen LogP contribution in [-0.4, -0.2) is 45.3 Å². The summed E-state index contributed by atoms with van der Waals surface area (Å²) in [4.78, 5) is 2.38. The number of sulfonamides is 1. The van der Waals surface area contributed by atoms with Crippen molar-refractivity contribution in [3.8, 4) is 0 Å². The quantitative estimate of drug-likeness (QED) is 0.796. The molecule has 0 N–H and O–H groups in total.